The summed E-state index contributed by atoms with van der Waals surface area (Å²) in [6.45, 7) is 5.27. The molecular formula is C21H33N3O. The smallest absolute Gasteiger partial charge is 0.220 e. The van der Waals surface area contributed by atoms with Gasteiger partial charge in [-0.05, 0) is 36.8 Å². The van der Waals surface area contributed by atoms with E-state index in [0.717, 1.165) is 44.1 Å². The van der Waals surface area contributed by atoms with Gasteiger partial charge in [0.2, 0.25) is 5.91 Å². The normalized spacial score (nSPS) is 21.8. The van der Waals surface area contributed by atoms with Gasteiger partial charge in [-0.2, -0.15) is 0 Å². The summed E-state index contributed by atoms with van der Waals surface area (Å²) in [5, 5.41) is 3.29. The summed E-state index contributed by atoms with van der Waals surface area (Å²) in [7, 11) is 0. The number of hydrogen-bond donors (Lipinski definition) is 1. The number of likely N-dealkylation sites (tertiary alicyclic amines) is 1. The van der Waals surface area contributed by atoms with Crippen LogP contribution in [-0.2, 0) is 11.3 Å². The molecule has 25 heavy (non-hydrogen) atoms. The summed E-state index contributed by atoms with van der Waals surface area (Å²) in [5.74, 6) is 1.56. The van der Waals surface area contributed by atoms with Crippen LogP contribution in [0, 0.1) is 11.8 Å². The van der Waals surface area contributed by atoms with E-state index in [1.807, 2.05) is 18.3 Å². The Labute approximate surface area is 152 Å². The molecule has 1 atom stereocenters. The molecule has 1 saturated carbocycles. The molecule has 1 aliphatic carbocycles. The summed E-state index contributed by atoms with van der Waals surface area (Å²) in [6.07, 6.45) is 11.4. The first-order chi connectivity index (χ1) is 12.2. The standard InChI is InChI=1S/C21H33N3O/c1-17(18-7-3-2-4-8-18)15-21(25)23-19-10-13-24(14-11-19)16-20-9-5-6-12-22-20/h5-6,9,12,17-19H,2-4,7-8,10-11,13-16H2,1H3,(H,23,25). The number of nitrogens with one attached hydrogen (secondary N) is 1. The van der Waals surface area contributed by atoms with E-state index in [0.29, 0.717) is 18.4 Å². The van der Waals surface area contributed by atoms with Gasteiger partial charge < -0.3 is 5.32 Å². The zero-order valence-electron chi connectivity index (χ0n) is 15.6. The Balaban J connectivity index is 1.36. The fraction of sp³-hybridized carbons (Fsp3) is 0.714. The second-order valence-electron chi connectivity index (χ2n) is 8.02. The number of piperidine rings is 1. The van der Waals surface area contributed by atoms with Crippen LogP contribution in [0.4, 0.5) is 0 Å². The van der Waals surface area contributed by atoms with Gasteiger partial charge in [0.1, 0.15) is 0 Å². The first kappa shape index (κ1) is 18.4. The third-order valence-corrected chi connectivity index (χ3v) is 6.03. The highest BCUT2D eigenvalue weighted by Gasteiger charge is 2.25. The zero-order chi connectivity index (χ0) is 17.5. The lowest BCUT2D eigenvalue weighted by Gasteiger charge is -2.33. The summed E-state index contributed by atoms with van der Waals surface area (Å²) < 4.78 is 0. The minimum absolute atomic E-state index is 0.265. The fourth-order valence-corrected chi connectivity index (χ4v) is 4.41. The van der Waals surface area contributed by atoms with Crippen LogP contribution in [0.2, 0.25) is 0 Å². The highest BCUT2D eigenvalue weighted by atomic mass is 16.1. The number of hydrogen-bond acceptors (Lipinski definition) is 3. The number of carbonyl (C=O) groups excluding carboxylic acids is 1. The Bertz CT molecular complexity index is 519. The van der Waals surface area contributed by atoms with Gasteiger partial charge in [-0.1, -0.05) is 45.1 Å². The lowest BCUT2D eigenvalue weighted by atomic mass is 9.79. The monoisotopic (exact) mass is 343 g/mol. The Morgan fingerprint density at radius 2 is 1.96 bits per heavy atom. The molecule has 138 valence electrons. The molecule has 3 rings (SSSR count). The zero-order valence-corrected chi connectivity index (χ0v) is 15.6. The molecule has 1 aromatic rings. The fourth-order valence-electron chi connectivity index (χ4n) is 4.41. The molecule has 1 amide bonds. The van der Waals surface area contributed by atoms with Gasteiger partial charge in [-0.3, -0.25) is 14.7 Å². The highest BCUT2D eigenvalue weighted by Crippen LogP contribution is 2.31. The number of pyridine rings is 1. The lowest BCUT2D eigenvalue weighted by Crippen LogP contribution is -2.44. The molecule has 1 saturated heterocycles. The van der Waals surface area contributed by atoms with E-state index >= 15 is 0 Å². The number of nitrogens with zero attached hydrogens (tertiary/aromatic N) is 2. The second kappa shape index (κ2) is 9.33. The van der Waals surface area contributed by atoms with E-state index in [1.54, 1.807) is 0 Å². The van der Waals surface area contributed by atoms with Crippen LogP contribution >= 0.6 is 0 Å². The summed E-state index contributed by atoms with van der Waals surface area (Å²) in [6, 6.07) is 6.44. The molecule has 2 fully saturated rings. The molecule has 1 unspecified atom stereocenters. The predicted octanol–water partition coefficient (Wildman–Crippen LogP) is 3.77. The van der Waals surface area contributed by atoms with E-state index in [-0.39, 0.29) is 5.91 Å². The maximum absolute atomic E-state index is 12.4. The molecule has 1 aromatic heterocycles. The third kappa shape index (κ3) is 5.81. The predicted molar refractivity (Wildman–Crippen MR) is 101 cm³/mol. The van der Waals surface area contributed by atoms with E-state index in [9.17, 15) is 4.79 Å². The Morgan fingerprint density at radius 1 is 1.20 bits per heavy atom. The molecular weight excluding hydrogens is 310 g/mol. The third-order valence-electron chi connectivity index (χ3n) is 6.03. The van der Waals surface area contributed by atoms with Crippen molar-refractivity contribution >= 4 is 5.91 Å². The van der Waals surface area contributed by atoms with Crippen LogP contribution in [-0.4, -0.2) is 34.9 Å². The largest absolute Gasteiger partial charge is 0.353 e. The van der Waals surface area contributed by atoms with E-state index in [1.165, 1.54) is 32.1 Å². The number of amides is 1. The van der Waals surface area contributed by atoms with Gasteiger partial charge in [0.25, 0.3) is 0 Å². The van der Waals surface area contributed by atoms with E-state index in [2.05, 4.69) is 28.2 Å². The van der Waals surface area contributed by atoms with Gasteiger partial charge in [-0.15, -0.1) is 0 Å². The molecule has 1 aliphatic heterocycles. The molecule has 2 aliphatic rings. The van der Waals surface area contributed by atoms with Crippen molar-refractivity contribution in [3.05, 3.63) is 30.1 Å². The van der Waals surface area contributed by atoms with Crippen molar-refractivity contribution in [3.8, 4) is 0 Å². The van der Waals surface area contributed by atoms with Crippen molar-refractivity contribution in [1.29, 1.82) is 0 Å². The van der Waals surface area contributed by atoms with Crippen molar-refractivity contribution in [1.82, 2.24) is 15.2 Å². The van der Waals surface area contributed by atoms with Crippen molar-refractivity contribution < 1.29 is 4.79 Å². The molecule has 0 radical (unpaired) electrons. The summed E-state index contributed by atoms with van der Waals surface area (Å²) in [4.78, 5) is 19.2. The van der Waals surface area contributed by atoms with Crippen LogP contribution in [0.25, 0.3) is 0 Å². The average Bonchev–Trinajstić information content (AvgIpc) is 2.65. The minimum Gasteiger partial charge on any atom is -0.353 e. The summed E-state index contributed by atoms with van der Waals surface area (Å²) >= 11 is 0. The van der Waals surface area contributed by atoms with Crippen LogP contribution in [0.5, 0.6) is 0 Å². The highest BCUT2D eigenvalue weighted by molar-refractivity contribution is 5.76. The maximum Gasteiger partial charge on any atom is 0.220 e. The van der Waals surface area contributed by atoms with Crippen molar-refractivity contribution in [2.45, 2.75) is 70.9 Å². The Morgan fingerprint density at radius 3 is 2.64 bits per heavy atom. The lowest BCUT2D eigenvalue weighted by molar-refractivity contribution is -0.123. The SMILES string of the molecule is CC(CC(=O)NC1CCN(Cc2ccccn2)CC1)C1CCCCC1. The van der Waals surface area contributed by atoms with Gasteiger partial charge >= 0.3 is 0 Å². The van der Waals surface area contributed by atoms with Crippen LogP contribution < -0.4 is 5.32 Å². The maximum atomic E-state index is 12.4. The molecule has 1 N–H and O–H groups in total. The van der Waals surface area contributed by atoms with Gasteiger partial charge in [0.05, 0.1) is 5.69 Å². The first-order valence-electron chi connectivity index (χ1n) is 10.1. The number of rotatable bonds is 6. The number of aromatic nitrogens is 1. The van der Waals surface area contributed by atoms with Gasteiger partial charge in [0.15, 0.2) is 0 Å². The van der Waals surface area contributed by atoms with Crippen LogP contribution in [0.1, 0.15) is 64.0 Å². The second-order valence-corrected chi connectivity index (χ2v) is 8.02. The van der Waals surface area contributed by atoms with Gasteiger partial charge in [0, 0.05) is 38.3 Å². The van der Waals surface area contributed by atoms with Crippen LogP contribution in [0.15, 0.2) is 24.4 Å². The van der Waals surface area contributed by atoms with E-state index < -0.39 is 0 Å². The Kier molecular flexibility index (Phi) is 6.85. The molecule has 4 heteroatoms. The van der Waals surface area contributed by atoms with Crippen LogP contribution in [0.3, 0.4) is 0 Å². The average molecular weight is 344 g/mol. The topological polar surface area (TPSA) is 45.2 Å². The Hall–Kier alpha value is -1.42. The molecule has 0 aromatic carbocycles. The minimum atomic E-state index is 0.265. The number of carbonyl (C=O) groups is 1. The van der Waals surface area contributed by atoms with Gasteiger partial charge in [-0.25, -0.2) is 0 Å². The molecule has 4 nitrogen and oxygen atoms in total. The van der Waals surface area contributed by atoms with Crippen molar-refractivity contribution in [2.75, 3.05) is 13.1 Å². The quantitative estimate of drug-likeness (QED) is 0.855. The van der Waals surface area contributed by atoms with Crippen molar-refractivity contribution in [3.63, 3.8) is 0 Å². The van der Waals surface area contributed by atoms with E-state index in [4.69, 9.17) is 0 Å². The first-order valence-corrected chi connectivity index (χ1v) is 10.1. The molecule has 0 spiro atoms. The molecule has 0 bridgehead atoms. The summed E-state index contributed by atoms with van der Waals surface area (Å²) in [5.41, 5.74) is 1.13. The van der Waals surface area contributed by atoms with Crippen molar-refractivity contribution in [2.24, 2.45) is 11.8 Å². The molecule has 2 heterocycles.